The van der Waals surface area contributed by atoms with Gasteiger partial charge in [-0.25, -0.2) is 4.39 Å². The van der Waals surface area contributed by atoms with Crippen LogP contribution in [0.3, 0.4) is 0 Å². The summed E-state index contributed by atoms with van der Waals surface area (Å²) in [6.45, 7) is 0. The third-order valence-electron chi connectivity index (χ3n) is 1.32. The Bertz CT molecular complexity index is 323. The molecule has 5 heteroatoms. The lowest BCUT2D eigenvalue weighted by molar-refractivity contribution is 0.432. The molecule has 13 heavy (non-hydrogen) atoms. The second-order valence-electron chi connectivity index (χ2n) is 2.14. The molecular weight excluding hydrogens is 195 g/mol. The zero-order valence-corrected chi connectivity index (χ0v) is 7.33. The van der Waals surface area contributed by atoms with Gasteiger partial charge in [0, 0.05) is 5.56 Å². The fourth-order valence-corrected chi connectivity index (χ4v) is 1.09. The molecule has 1 rings (SSSR count). The summed E-state index contributed by atoms with van der Waals surface area (Å²) in [5.41, 5.74) is 0.410. The largest absolute Gasteiger partial charge is 0.377 e. The van der Waals surface area contributed by atoms with Gasteiger partial charge in [0.15, 0.2) is 5.76 Å². The average Bonchev–Trinajstić information content (AvgIpc) is 2.15. The maximum Gasteiger partial charge on any atom is 0.357 e. The minimum atomic E-state index is -2.50. The zero-order valence-electron chi connectivity index (χ0n) is 6.51. The number of hydrogen-bond acceptors (Lipinski definition) is 2. The molecule has 0 aromatic heterocycles. The fourth-order valence-electron chi connectivity index (χ4n) is 0.809. The average molecular weight is 202 g/mol. The number of halogens is 1. The van der Waals surface area contributed by atoms with E-state index in [0.29, 0.717) is 5.56 Å². The van der Waals surface area contributed by atoms with Gasteiger partial charge in [0.05, 0.1) is 0 Å². The number of hydrogen-bond donors (Lipinski definition) is 1. The zero-order chi connectivity index (χ0) is 9.68. The minimum Gasteiger partial charge on any atom is -0.377 e. The van der Waals surface area contributed by atoms with Crippen LogP contribution in [0.4, 0.5) is 4.39 Å². The van der Waals surface area contributed by atoms with Gasteiger partial charge in [-0.15, -0.1) is 0 Å². The lowest BCUT2D eigenvalue weighted by atomic mass is 10.2. The highest BCUT2D eigenvalue weighted by atomic mass is 32.2. The van der Waals surface area contributed by atoms with Gasteiger partial charge in [-0.3, -0.25) is 4.55 Å². The molecule has 1 atom stereocenters. The third-order valence-corrected chi connectivity index (χ3v) is 1.64. The molecule has 1 unspecified atom stereocenters. The van der Waals surface area contributed by atoms with Gasteiger partial charge in [-0.1, -0.05) is 30.3 Å². The quantitative estimate of drug-likeness (QED) is 0.603. The summed E-state index contributed by atoms with van der Waals surface area (Å²) in [6.07, 6.45) is 0.142. The third kappa shape index (κ3) is 2.96. The van der Waals surface area contributed by atoms with Crippen molar-refractivity contribution in [1.29, 1.82) is 0 Å². The molecule has 0 saturated carbocycles. The van der Waals surface area contributed by atoms with E-state index in [1.54, 1.807) is 30.3 Å². The van der Waals surface area contributed by atoms with Crippen LogP contribution in [0.25, 0.3) is 5.76 Å². The van der Waals surface area contributed by atoms with Crippen molar-refractivity contribution < 1.29 is 17.3 Å². The van der Waals surface area contributed by atoms with E-state index in [-0.39, 0.29) is 12.1 Å². The van der Waals surface area contributed by atoms with E-state index in [4.69, 9.17) is 4.55 Å². The molecule has 0 aliphatic rings. The van der Waals surface area contributed by atoms with Crippen LogP contribution >= 0.6 is 0 Å². The Hall–Kier alpha value is -1.20. The molecule has 1 aromatic rings. The van der Waals surface area contributed by atoms with Crippen molar-refractivity contribution in [2.45, 2.75) is 0 Å². The van der Waals surface area contributed by atoms with Crippen LogP contribution in [0.5, 0.6) is 0 Å². The maximum atomic E-state index is 12.2. The molecule has 0 aliphatic carbocycles. The summed E-state index contributed by atoms with van der Waals surface area (Å²) < 4.78 is 35.1. The van der Waals surface area contributed by atoms with E-state index in [1.165, 1.54) is 0 Å². The minimum absolute atomic E-state index is 0.142. The van der Waals surface area contributed by atoms with Gasteiger partial charge < -0.3 is 4.18 Å². The maximum absolute atomic E-state index is 12.2. The molecule has 1 aromatic carbocycles. The topological polar surface area (TPSA) is 46.5 Å². The van der Waals surface area contributed by atoms with E-state index in [2.05, 4.69) is 4.18 Å². The lowest BCUT2D eigenvalue weighted by Crippen LogP contribution is -1.94. The van der Waals surface area contributed by atoms with Crippen LogP contribution in [-0.2, 0) is 15.5 Å². The summed E-state index contributed by atoms with van der Waals surface area (Å²) >= 11 is -2.50. The van der Waals surface area contributed by atoms with E-state index in [0.717, 1.165) is 0 Å². The van der Waals surface area contributed by atoms with Crippen molar-refractivity contribution in [3.63, 3.8) is 0 Å². The second-order valence-corrected chi connectivity index (χ2v) is 2.74. The molecule has 0 fully saturated rings. The first-order chi connectivity index (χ1) is 6.24. The Morgan fingerprint density at radius 2 is 2.08 bits per heavy atom. The first kappa shape index (κ1) is 9.88. The molecule has 70 valence electrons. The van der Waals surface area contributed by atoms with E-state index in [1.807, 2.05) is 0 Å². The van der Waals surface area contributed by atoms with Gasteiger partial charge in [0.25, 0.3) is 0 Å². The molecule has 0 bridgehead atoms. The van der Waals surface area contributed by atoms with E-state index < -0.39 is 11.4 Å². The predicted molar refractivity (Wildman–Crippen MR) is 47.4 cm³/mol. The standard InChI is InChI=1S/C8H7FO3S/c9-6-8(12-13(10)11)7-4-2-1-3-5-7/h1-6H,(H,10,11). The molecule has 0 amide bonds. The van der Waals surface area contributed by atoms with Crippen LogP contribution < -0.4 is 0 Å². The van der Waals surface area contributed by atoms with E-state index in [9.17, 15) is 8.60 Å². The SMILES string of the molecule is O=S(O)OC(=CF)c1ccccc1. The monoisotopic (exact) mass is 202 g/mol. The highest BCUT2D eigenvalue weighted by molar-refractivity contribution is 7.74. The predicted octanol–water partition coefficient (Wildman–Crippen LogP) is 2.11. The summed E-state index contributed by atoms with van der Waals surface area (Å²) in [5, 5.41) is 0. The Morgan fingerprint density at radius 1 is 1.46 bits per heavy atom. The van der Waals surface area contributed by atoms with Gasteiger partial charge in [0.2, 0.25) is 0 Å². The molecule has 0 radical (unpaired) electrons. The van der Waals surface area contributed by atoms with Crippen LogP contribution in [0, 0.1) is 0 Å². The molecule has 0 saturated heterocycles. The Morgan fingerprint density at radius 3 is 2.54 bits per heavy atom. The second kappa shape index (κ2) is 4.74. The van der Waals surface area contributed by atoms with E-state index >= 15 is 0 Å². The van der Waals surface area contributed by atoms with Crippen molar-refractivity contribution in [2.24, 2.45) is 0 Å². The summed E-state index contributed by atoms with van der Waals surface area (Å²) in [6, 6.07) is 8.22. The first-order valence-electron chi connectivity index (χ1n) is 3.39. The fraction of sp³-hybridized carbons (Fsp3) is 0. The van der Waals surface area contributed by atoms with Crippen molar-refractivity contribution >= 4 is 17.1 Å². The normalized spacial score (nSPS) is 13.8. The molecule has 0 spiro atoms. The Kier molecular flexibility index (Phi) is 3.60. The highest BCUT2D eigenvalue weighted by Gasteiger charge is 2.05. The van der Waals surface area contributed by atoms with Crippen molar-refractivity contribution in [2.75, 3.05) is 0 Å². The smallest absolute Gasteiger partial charge is 0.357 e. The molecular formula is C8H7FO3S. The van der Waals surface area contributed by atoms with Crippen LogP contribution in [0.2, 0.25) is 0 Å². The van der Waals surface area contributed by atoms with Crippen molar-refractivity contribution in [3.05, 3.63) is 42.2 Å². The number of rotatable bonds is 3. The van der Waals surface area contributed by atoms with Crippen LogP contribution in [0.1, 0.15) is 5.56 Å². The molecule has 1 N–H and O–H groups in total. The molecule has 3 nitrogen and oxygen atoms in total. The van der Waals surface area contributed by atoms with Crippen molar-refractivity contribution in [3.8, 4) is 0 Å². The van der Waals surface area contributed by atoms with Gasteiger partial charge in [-0.2, -0.15) is 4.21 Å². The summed E-state index contributed by atoms with van der Waals surface area (Å²) in [4.78, 5) is 0. The Labute approximate surface area is 77.3 Å². The van der Waals surface area contributed by atoms with Gasteiger partial charge in [0.1, 0.15) is 6.33 Å². The van der Waals surface area contributed by atoms with Crippen LogP contribution in [-0.4, -0.2) is 8.76 Å². The van der Waals surface area contributed by atoms with Crippen LogP contribution in [0.15, 0.2) is 36.7 Å². The van der Waals surface area contributed by atoms with Crippen molar-refractivity contribution in [1.82, 2.24) is 0 Å². The Balaban J connectivity index is 2.86. The lowest BCUT2D eigenvalue weighted by Gasteiger charge is -2.02. The number of benzene rings is 1. The van der Waals surface area contributed by atoms with Gasteiger partial charge in [-0.05, 0) is 0 Å². The highest BCUT2D eigenvalue weighted by Crippen LogP contribution is 2.16. The summed E-state index contributed by atoms with van der Waals surface area (Å²) in [5.74, 6) is -0.263. The van der Waals surface area contributed by atoms with Gasteiger partial charge >= 0.3 is 11.4 Å². The molecule has 0 aliphatic heterocycles. The summed E-state index contributed by atoms with van der Waals surface area (Å²) in [7, 11) is 0. The first-order valence-corrected chi connectivity index (χ1v) is 4.42. The molecule has 0 heterocycles.